The molecular weight excluding hydrogens is 131 g/mol. The second kappa shape index (κ2) is 3.01. The molecule has 0 atom stereocenters. The van der Waals surface area contributed by atoms with Crippen LogP contribution in [0.1, 0.15) is 0 Å². The van der Waals surface area contributed by atoms with E-state index < -0.39 is 0 Å². The molecule has 0 radical (unpaired) electrons. The molecule has 0 heterocycles. The van der Waals surface area contributed by atoms with Crippen LogP contribution < -0.4 is 4.65 Å². The SMILES string of the molecule is O=BOc1cccc(O)c1. The maximum atomic E-state index is 9.78. The summed E-state index contributed by atoms with van der Waals surface area (Å²) in [6, 6.07) is 6.02. The van der Waals surface area contributed by atoms with Crippen LogP contribution in [0.25, 0.3) is 0 Å². The van der Waals surface area contributed by atoms with Crippen LogP contribution >= 0.6 is 0 Å². The van der Waals surface area contributed by atoms with Gasteiger partial charge in [-0.05, 0) is 0 Å². The van der Waals surface area contributed by atoms with Gasteiger partial charge in [-0.1, -0.05) is 0 Å². The summed E-state index contributed by atoms with van der Waals surface area (Å²) in [7, 11) is 0.314. The third-order valence-electron chi connectivity index (χ3n) is 1.00. The molecule has 0 amide bonds. The van der Waals surface area contributed by atoms with Crippen LogP contribution in [0.4, 0.5) is 0 Å². The van der Waals surface area contributed by atoms with E-state index in [1.54, 1.807) is 12.1 Å². The van der Waals surface area contributed by atoms with Crippen LogP contribution in [0.15, 0.2) is 24.3 Å². The van der Waals surface area contributed by atoms with Gasteiger partial charge in [0.05, 0.1) is 0 Å². The van der Waals surface area contributed by atoms with Crippen LogP contribution in [0.2, 0.25) is 0 Å². The van der Waals surface area contributed by atoms with Crippen molar-refractivity contribution in [2.24, 2.45) is 0 Å². The summed E-state index contributed by atoms with van der Waals surface area (Å²) in [6.45, 7) is 0. The summed E-state index contributed by atoms with van der Waals surface area (Å²) in [5, 5.41) is 8.84. The molecule has 10 heavy (non-hydrogen) atoms. The Kier molecular flexibility index (Phi) is 2.05. The number of benzene rings is 1. The van der Waals surface area contributed by atoms with Gasteiger partial charge in [-0.25, -0.2) is 0 Å². The Hall–Kier alpha value is -1.32. The monoisotopic (exact) mass is 136 g/mol. The average molecular weight is 136 g/mol. The number of rotatable bonds is 2. The van der Waals surface area contributed by atoms with E-state index in [4.69, 9.17) is 5.11 Å². The number of hydrogen-bond acceptors (Lipinski definition) is 3. The number of phenolic OH excluding ortho intramolecular Hbond substituents is 1. The maximum absolute atomic E-state index is 9.78. The predicted octanol–water partition coefficient (Wildman–Crippen LogP) is 0.736. The third kappa shape index (κ3) is 1.58. The quantitative estimate of drug-likeness (QED) is 0.609. The second-order valence-corrected chi connectivity index (χ2v) is 1.71. The van der Waals surface area contributed by atoms with Crippen molar-refractivity contribution >= 4 is 7.35 Å². The second-order valence-electron chi connectivity index (χ2n) is 1.71. The van der Waals surface area contributed by atoms with Crippen molar-refractivity contribution in [3.8, 4) is 11.5 Å². The summed E-state index contributed by atoms with van der Waals surface area (Å²) >= 11 is 0. The van der Waals surface area contributed by atoms with Gasteiger partial charge in [0.15, 0.2) is 0 Å². The van der Waals surface area contributed by atoms with E-state index in [0.717, 1.165) is 0 Å². The van der Waals surface area contributed by atoms with Crippen molar-refractivity contribution in [3.05, 3.63) is 24.3 Å². The first-order valence-electron chi connectivity index (χ1n) is 2.72. The molecule has 0 aliphatic heterocycles. The molecule has 0 saturated heterocycles. The van der Waals surface area contributed by atoms with E-state index >= 15 is 0 Å². The Morgan fingerprint density at radius 2 is 2.30 bits per heavy atom. The standard InChI is InChI=1S/C6H5BO3/c8-5-2-1-3-6(4-5)10-7-9/h1-4,8H. The molecule has 0 aliphatic carbocycles. The van der Waals surface area contributed by atoms with E-state index in [-0.39, 0.29) is 5.75 Å². The summed E-state index contributed by atoms with van der Waals surface area (Å²) in [6.07, 6.45) is 0. The molecule has 0 bridgehead atoms. The Bertz CT molecular complexity index is 236. The van der Waals surface area contributed by atoms with Crippen molar-refractivity contribution in [2.45, 2.75) is 0 Å². The van der Waals surface area contributed by atoms with Crippen LogP contribution in [-0.4, -0.2) is 12.5 Å². The molecule has 1 aromatic carbocycles. The first-order valence-corrected chi connectivity index (χ1v) is 2.72. The molecule has 1 aromatic rings. The van der Waals surface area contributed by atoms with Gasteiger partial charge in [-0.15, -0.1) is 0 Å². The minimum absolute atomic E-state index is 0.0827. The number of aromatic hydroxyl groups is 1. The zero-order valence-corrected chi connectivity index (χ0v) is 5.15. The summed E-state index contributed by atoms with van der Waals surface area (Å²) < 4.78 is 14.2. The van der Waals surface area contributed by atoms with Crippen LogP contribution in [-0.2, 0) is 4.70 Å². The molecule has 0 unspecified atom stereocenters. The molecule has 1 N–H and O–H groups in total. The van der Waals surface area contributed by atoms with Crippen LogP contribution in [0.5, 0.6) is 11.5 Å². The number of hydrogen-bond donors (Lipinski definition) is 1. The van der Waals surface area contributed by atoms with Gasteiger partial charge in [0, 0.05) is 0 Å². The molecule has 0 aliphatic rings. The first-order chi connectivity index (χ1) is 4.83. The first kappa shape index (κ1) is 6.80. The van der Waals surface area contributed by atoms with E-state index in [9.17, 15) is 4.70 Å². The Balaban J connectivity index is 2.84. The van der Waals surface area contributed by atoms with E-state index in [1.165, 1.54) is 12.1 Å². The van der Waals surface area contributed by atoms with Crippen molar-refractivity contribution in [3.63, 3.8) is 0 Å². The van der Waals surface area contributed by atoms with Gasteiger partial charge in [0.2, 0.25) is 0 Å². The summed E-state index contributed by atoms with van der Waals surface area (Å²) in [5.41, 5.74) is 0. The van der Waals surface area contributed by atoms with Gasteiger partial charge < -0.3 is 0 Å². The van der Waals surface area contributed by atoms with Gasteiger partial charge >= 0.3 is 57.6 Å². The molecule has 0 aromatic heterocycles. The fourth-order valence-corrected chi connectivity index (χ4v) is 0.612. The molecule has 0 fully saturated rings. The Labute approximate surface area is 58.5 Å². The third-order valence-corrected chi connectivity index (χ3v) is 1.00. The molecule has 3 nitrogen and oxygen atoms in total. The minimum atomic E-state index is 0.0827. The Morgan fingerprint density at radius 3 is 2.90 bits per heavy atom. The fourth-order valence-electron chi connectivity index (χ4n) is 0.612. The topological polar surface area (TPSA) is 46.5 Å². The summed E-state index contributed by atoms with van der Waals surface area (Å²) in [4.78, 5) is 0. The van der Waals surface area contributed by atoms with Crippen molar-refractivity contribution < 1.29 is 14.5 Å². The zero-order chi connectivity index (χ0) is 7.40. The van der Waals surface area contributed by atoms with Gasteiger partial charge in [0.1, 0.15) is 0 Å². The molecular formula is C6H5BO3. The zero-order valence-electron chi connectivity index (χ0n) is 5.15. The van der Waals surface area contributed by atoms with E-state index in [0.29, 0.717) is 13.1 Å². The van der Waals surface area contributed by atoms with Crippen molar-refractivity contribution in [1.82, 2.24) is 0 Å². The van der Waals surface area contributed by atoms with Gasteiger partial charge in [-0.3, -0.25) is 0 Å². The molecule has 4 heteroatoms. The average Bonchev–Trinajstić information content (AvgIpc) is 1.88. The molecule has 0 saturated carbocycles. The predicted molar refractivity (Wildman–Crippen MR) is 35.2 cm³/mol. The Morgan fingerprint density at radius 1 is 1.50 bits per heavy atom. The fraction of sp³-hybridized carbons (Fsp3) is 0. The van der Waals surface area contributed by atoms with Crippen LogP contribution in [0.3, 0.4) is 0 Å². The van der Waals surface area contributed by atoms with Crippen molar-refractivity contribution in [2.75, 3.05) is 0 Å². The van der Waals surface area contributed by atoms with Crippen LogP contribution in [0, 0.1) is 0 Å². The molecule has 0 spiro atoms. The van der Waals surface area contributed by atoms with Crippen molar-refractivity contribution in [1.29, 1.82) is 0 Å². The van der Waals surface area contributed by atoms with E-state index in [1.807, 2.05) is 0 Å². The van der Waals surface area contributed by atoms with E-state index in [2.05, 4.69) is 4.65 Å². The normalized spacial score (nSPS) is 8.40. The number of phenols is 1. The molecule has 1 rings (SSSR count). The van der Waals surface area contributed by atoms with Gasteiger partial charge in [-0.2, -0.15) is 0 Å². The molecule has 50 valence electrons. The van der Waals surface area contributed by atoms with Gasteiger partial charge in [0.25, 0.3) is 0 Å². The summed E-state index contributed by atoms with van der Waals surface area (Å²) in [5.74, 6) is 0.425.